The van der Waals surface area contributed by atoms with E-state index in [1.165, 1.54) is 0 Å². The zero-order valence-corrected chi connectivity index (χ0v) is 9.27. The minimum Gasteiger partial charge on any atom is -0.291 e. The van der Waals surface area contributed by atoms with Gasteiger partial charge in [-0.15, -0.1) is 0 Å². The normalized spacial score (nSPS) is 9.22. The fraction of sp³-hybridized carbons (Fsp3) is 0.200. The molecule has 0 heterocycles. The number of hydrogen-bond donors (Lipinski definition) is 0. The van der Waals surface area contributed by atoms with Crippen molar-refractivity contribution in [1.29, 1.82) is 0 Å². The van der Waals surface area contributed by atoms with E-state index in [9.17, 15) is 38.4 Å². The Morgan fingerprint density at radius 2 is 0.556 bits per heavy atom. The van der Waals surface area contributed by atoms with Gasteiger partial charge in [0.15, 0.2) is 0 Å². The quantitative estimate of drug-likeness (QED) is 0.361. The molecular weight excluding hydrogens is 248 g/mol. The van der Waals surface area contributed by atoms with E-state index in [0.717, 1.165) is 0 Å². The summed E-state index contributed by atoms with van der Waals surface area (Å²) in [6, 6.07) is 0. The molecule has 0 amide bonds. The van der Waals surface area contributed by atoms with Crippen LogP contribution >= 0.6 is 0 Å². The molecule has 0 rings (SSSR count). The van der Waals surface area contributed by atoms with Gasteiger partial charge in [-0.05, 0) is 0 Å². The van der Waals surface area contributed by atoms with Crippen molar-refractivity contribution in [2.75, 3.05) is 0 Å². The van der Waals surface area contributed by atoms with Gasteiger partial charge in [0.25, 0.3) is 34.7 Å². The standard InChI is InChI=1S/C10H6O8/c1-3(11)5(13)7(15)9(17)10(18)8(16)6(14)4(2)12/h1-2H3. The molecule has 0 fully saturated rings. The molecule has 0 aromatic heterocycles. The average Bonchev–Trinajstić information content (AvgIpc) is 2.32. The van der Waals surface area contributed by atoms with Crippen LogP contribution in [0.5, 0.6) is 0 Å². The summed E-state index contributed by atoms with van der Waals surface area (Å²) in [5.41, 5.74) is 0. The molecule has 8 heteroatoms. The molecule has 0 bridgehead atoms. The molecule has 18 heavy (non-hydrogen) atoms. The van der Waals surface area contributed by atoms with E-state index < -0.39 is 46.3 Å². The Bertz CT molecular complexity index is 474. The second kappa shape index (κ2) is 5.62. The number of hydrogen-bond acceptors (Lipinski definition) is 8. The number of ketones is 8. The Balaban J connectivity index is 5.10. The molecule has 8 nitrogen and oxygen atoms in total. The highest BCUT2D eigenvalue weighted by Gasteiger charge is 2.38. The topological polar surface area (TPSA) is 137 Å². The zero-order chi connectivity index (χ0) is 14.6. The largest absolute Gasteiger partial charge is 0.291 e. The van der Waals surface area contributed by atoms with Crippen LogP contribution in [-0.2, 0) is 38.4 Å². The lowest BCUT2D eigenvalue weighted by Gasteiger charge is -1.95. The molecule has 0 aromatic rings. The molecule has 0 unspecified atom stereocenters. The Labute approximate surface area is 99.3 Å². The summed E-state index contributed by atoms with van der Waals surface area (Å²) in [4.78, 5) is 86.4. The van der Waals surface area contributed by atoms with Crippen LogP contribution in [0.15, 0.2) is 0 Å². The zero-order valence-electron chi connectivity index (χ0n) is 9.27. The summed E-state index contributed by atoms with van der Waals surface area (Å²) >= 11 is 0. The summed E-state index contributed by atoms with van der Waals surface area (Å²) < 4.78 is 0. The third kappa shape index (κ3) is 3.17. The van der Waals surface area contributed by atoms with Gasteiger partial charge in [0.1, 0.15) is 0 Å². The molecule has 94 valence electrons. The first kappa shape index (κ1) is 15.4. The van der Waals surface area contributed by atoms with Crippen molar-refractivity contribution in [3.8, 4) is 0 Å². The van der Waals surface area contributed by atoms with Gasteiger partial charge in [-0.3, -0.25) is 38.4 Å². The van der Waals surface area contributed by atoms with Gasteiger partial charge in [-0.25, -0.2) is 0 Å². The van der Waals surface area contributed by atoms with Crippen molar-refractivity contribution in [1.82, 2.24) is 0 Å². The second-order valence-electron chi connectivity index (χ2n) is 3.09. The van der Waals surface area contributed by atoms with Crippen LogP contribution in [0.2, 0.25) is 0 Å². The molecule has 0 aromatic carbocycles. The number of carbonyl (C=O) groups excluding carboxylic acids is 8. The number of Topliss-reactive ketones (excluding diaryl/α,β-unsaturated/α-hetero) is 8. The molecule has 0 saturated carbocycles. The van der Waals surface area contributed by atoms with Gasteiger partial charge in [-0.1, -0.05) is 0 Å². The molecule has 0 aliphatic carbocycles. The van der Waals surface area contributed by atoms with E-state index >= 15 is 0 Å². The Morgan fingerprint density at radius 3 is 0.722 bits per heavy atom. The van der Waals surface area contributed by atoms with Gasteiger partial charge in [0.2, 0.25) is 11.6 Å². The average molecular weight is 254 g/mol. The van der Waals surface area contributed by atoms with Crippen LogP contribution in [0.4, 0.5) is 0 Å². The van der Waals surface area contributed by atoms with Crippen molar-refractivity contribution in [3.05, 3.63) is 0 Å². The summed E-state index contributed by atoms with van der Waals surface area (Å²) in [7, 11) is 0. The molecule has 0 radical (unpaired) electrons. The summed E-state index contributed by atoms with van der Waals surface area (Å²) in [5.74, 6) is -14.4. The summed E-state index contributed by atoms with van der Waals surface area (Å²) in [6.07, 6.45) is 0. The van der Waals surface area contributed by atoms with E-state index in [1.54, 1.807) is 0 Å². The van der Waals surface area contributed by atoms with Crippen LogP contribution in [0.3, 0.4) is 0 Å². The maximum Gasteiger partial charge on any atom is 0.281 e. The molecule has 0 aliphatic rings. The van der Waals surface area contributed by atoms with E-state index in [1.807, 2.05) is 0 Å². The third-order valence-corrected chi connectivity index (χ3v) is 1.67. The first-order valence-electron chi connectivity index (χ1n) is 4.38. The molecule has 0 saturated heterocycles. The number of carbonyl (C=O) groups is 8. The van der Waals surface area contributed by atoms with Gasteiger partial charge in [-0.2, -0.15) is 0 Å². The predicted molar refractivity (Wildman–Crippen MR) is 51.4 cm³/mol. The minimum absolute atomic E-state index is 0.681. The second-order valence-corrected chi connectivity index (χ2v) is 3.09. The molecule has 0 N–H and O–H groups in total. The van der Waals surface area contributed by atoms with E-state index in [4.69, 9.17) is 0 Å². The summed E-state index contributed by atoms with van der Waals surface area (Å²) in [6.45, 7) is 1.36. The van der Waals surface area contributed by atoms with E-state index in [0.29, 0.717) is 13.8 Å². The van der Waals surface area contributed by atoms with Crippen LogP contribution in [-0.4, -0.2) is 46.3 Å². The van der Waals surface area contributed by atoms with Crippen LogP contribution < -0.4 is 0 Å². The lowest BCUT2D eigenvalue weighted by molar-refractivity contribution is -0.154. The van der Waals surface area contributed by atoms with Gasteiger partial charge in [0.05, 0.1) is 0 Å². The van der Waals surface area contributed by atoms with Crippen LogP contribution in [0, 0.1) is 0 Å². The Hall–Kier alpha value is -2.64. The smallest absolute Gasteiger partial charge is 0.281 e. The van der Waals surface area contributed by atoms with Crippen LogP contribution in [0.1, 0.15) is 13.8 Å². The van der Waals surface area contributed by atoms with Crippen molar-refractivity contribution in [2.24, 2.45) is 0 Å². The number of rotatable bonds is 7. The fourth-order valence-corrected chi connectivity index (χ4v) is 0.732. The molecular formula is C10H6O8. The van der Waals surface area contributed by atoms with Gasteiger partial charge >= 0.3 is 0 Å². The summed E-state index contributed by atoms with van der Waals surface area (Å²) in [5, 5.41) is 0. The van der Waals surface area contributed by atoms with Crippen molar-refractivity contribution in [2.45, 2.75) is 13.8 Å². The first-order chi connectivity index (χ1) is 8.11. The maximum atomic E-state index is 11.0. The Morgan fingerprint density at radius 1 is 0.389 bits per heavy atom. The highest BCUT2D eigenvalue weighted by molar-refractivity contribution is 6.98. The highest BCUT2D eigenvalue weighted by atomic mass is 16.2. The lowest BCUT2D eigenvalue weighted by Crippen LogP contribution is -2.41. The lowest BCUT2D eigenvalue weighted by atomic mass is 10.0. The predicted octanol–water partition coefficient (Wildman–Crippen LogP) is -2.42. The maximum absolute atomic E-state index is 11.0. The Kier molecular flexibility index (Phi) is 4.79. The molecule has 0 aliphatic heterocycles. The van der Waals surface area contributed by atoms with Crippen molar-refractivity contribution < 1.29 is 38.4 Å². The highest BCUT2D eigenvalue weighted by Crippen LogP contribution is 1.90. The fourth-order valence-electron chi connectivity index (χ4n) is 0.732. The van der Waals surface area contributed by atoms with Gasteiger partial charge < -0.3 is 0 Å². The van der Waals surface area contributed by atoms with Gasteiger partial charge in [0, 0.05) is 13.8 Å². The minimum atomic E-state index is -2.12. The molecule has 0 atom stereocenters. The third-order valence-electron chi connectivity index (χ3n) is 1.67. The van der Waals surface area contributed by atoms with E-state index in [2.05, 4.69) is 0 Å². The van der Waals surface area contributed by atoms with Crippen molar-refractivity contribution in [3.63, 3.8) is 0 Å². The molecule has 0 spiro atoms. The first-order valence-corrected chi connectivity index (χ1v) is 4.38. The monoisotopic (exact) mass is 254 g/mol. The van der Waals surface area contributed by atoms with E-state index in [-0.39, 0.29) is 0 Å². The SMILES string of the molecule is CC(=O)C(=O)C(=O)C(=O)C(=O)C(=O)C(=O)C(C)=O. The van der Waals surface area contributed by atoms with Crippen molar-refractivity contribution >= 4 is 46.3 Å². The van der Waals surface area contributed by atoms with Crippen LogP contribution in [0.25, 0.3) is 0 Å².